The quantitative estimate of drug-likeness (QED) is 0.729. The number of carbonyl (C=O) groups is 2. The van der Waals surface area contributed by atoms with Gasteiger partial charge in [-0.25, -0.2) is 14.6 Å². The molecule has 142 valence electrons. The molecule has 0 aliphatic carbocycles. The number of rotatable bonds is 1. The van der Waals surface area contributed by atoms with Crippen LogP contribution in [0.15, 0.2) is 24.4 Å². The molecule has 1 aromatic carbocycles. The zero-order valence-corrected chi connectivity index (χ0v) is 16.8. The minimum absolute atomic E-state index is 0.115. The monoisotopic (exact) mass is 425 g/mol. The van der Waals surface area contributed by atoms with Crippen molar-refractivity contribution < 1.29 is 9.59 Å². The third-order valence-electron chi connectivity index (χ3n) is 5.07. The van der Waals surface area contributed by atoms with Gasteiger partial charge in [-0.1, -0.05) is 34.5 Å². The summed E-state index contributed by atoms with van der Waals surface area (Å²) in [5.74, 6) is 0. The Kier molecular flexibility index (Phi) is 4.65. The molecule has 1 fully saturated rings. The molecule has 7 nitrogen and oxygen atoms in total. The second-order valence-corrected chi connectivity index (χ2v) is 8.75. The number of halogens is 2. The molecule has 1 aromatic heterocycles. The molecule has 1 atom stereocenters. The van der Waals surface area contributed by atoms with E-state index in [9.17, 15) is 9.59 Å². The van der Waals surface area contributed by atoms with E-state index in [-0.39, 0.29) is 17.5 Å². The first-order chi connectivity index (χ1) is 12.9. The Bertz CT molecular complexity index is 920. The lowest BCUT2D eigenvalue weighted by Gasteiger charge is -2.25. The number of likely N-dealkylation sites (tertiary alicyclic amines) is 1. The van der Waals surface area contributed by atoms with Crippen LogP contribution in [0, 0.1) is 0 Å². The molecule has 2 aromatic rings. The van der Waals surface area contributed by atoms with Gasteiger partial charge in [-0.2, -0.15) is 0 Å². The summed E-state index contributed by atoms with van der Waals surface area (Å²) in [5.41, 5.74) is 1.47. The number of amides is 4. The third kappa shape index (κ3) is 3.22. The molecule has 2 aliphatic heterocycles. The van der Waals surface area contributed by atoms with Crippen molar-refractivity contribution in [3.63, 3.8) is 0 Å². The summed E-state index contributed by atoms with van der Waals surface area (Å²) in [6.07, 6.45) is 2.26. The Morgan fingerprint density at radius 2 is 2.07 bits per heavy atom. The maximum absolute atomic E-state index is 12.9. The van der Waals surface area contributed by atoms with Crippen molar-refractivity contribution in [3.8, 4) is 0 Å². The fourth-order valence-electron chi connectivity index (χ4n) is 3.85. The summed E-state index contributed by atoms with van der Waals surface area (Å²) < 4.78 is 0.507. The van der Waals surface area contributed by atoms with Gasteiger partial charge in [0.1, 0.15) is 4.34 Å². The number of urea groups is 2. The van der Waals surface area contributed by atoms with Crippen LogP contribution in [0.2, 0.25) is 9.36 Å². The molecule has 4 amide bonds. The van der Waals surface area contributed by atoms with E-state index in [1.54, 1.807) is 22.9 Å². The van der Waals surface area contributed by atoms with Crippen molar-refractivity contribution >= 4 is 57.4 Å². The van der Waals surface area contributed by atoms with Crippen LogP contribution in [0.1, 0.15) is 12.0 Å². The van der Waals surface area contributed by atoms with Gasteiger partial charge in [0, 0.05) is 42.8 Å². The van der Waals surface area contributed by atoms with Crippen LogP contribution in [0.3, 0.4) is 0 Å². The normalized spacial score (nSPS) is 20.9. The molecule has 0 bridgehead atoms. The SMILES string of the molecule is CNC(=O)N1CC[C@@]2(C1)CN(C(=O)Nc1ncc(Cl)s1)c1ccc(Cl)cc12. The summed E-state index contributed by atoms with van der Waals surface area (Å²) in [5, 5.41) is 6.52. The van der Waals surface area contributed by atoms with Crippen LogP contribution in [0.25, 0.3) is 0 Å². The Hall–Kier alpha value is -2.03. The third-order valence-corrected chi connectivity index (χ3v) is 6.34. The summed E-state index contributed by atoms with van der Waals surface area (Å²) in [7, 11) is 1.62. The molecule has 3 heterocycles. The summed E-state index contributed by atoms with van der Waals surface area (Å²) >= 11 is 13.3. The number of hydrogen-bond donors (Lipinski definition) is 2. The first-order valence-electron chi connectivity index (χ1n) is 8.38. The fraction of sp³-hybridized carbons (Fsp3) is 0.353. The van der Waals surface area contributed by atoms with Crippen LogP contribution in [0.4, 0.5) is 20.4 Å². The predicted octanol–water partition coefficient (Wildman–Crippen LogP) is 3.78. The highest BCUT2D eigenvalue weighted by Crippen LogP contribution is 2.47. The maximum Gasteiger partial charge on any atom is 0.328 e. The number of hydrogen-bond acceptors (Lipinski definition) is 4. The van der Waals surface area contributed by atoms with E-state index in [1.165, 1.54) is 17.5 Å². The predicted molar refractivity (Wildman–Crippen MR) is 107 cm³/mol. The summed E-state index contributed by atoms with van der Waals surface area (Å²) in [4.78, 5) is 32.5. The van der Waals surface area contributed by atoms with E-state index in [2.05, 4.69) is 15.6 Å². The largest absolute Gasteiger partial charge is 0.341 e. The van der Waals surface area contributed by atoms with Gasteiger partial charge in [0.15, 0.2) is 5.13 Å². The summed E-state index contributed by atoms with van der Waals surface area (Å²) in [6, 6.07) is 5.13. The van der Waals surface area contributed by atoms with Crippen molar-refractivity contribution in [3.05, 3.63) is 39.3 Å². The number of thiazole rings is 1. The van der Waals surface area contributed by atoms with Crippen LogP contribution in [-0.2, 0) is 5.41 Å². The maximum atomic E-state index is 12.9. The molecule has 10 heteroatoms. The molecule has 1 saturated heterocycles. The van der Waals surface area contributed by atoms with Gasteiger partial charge >= 0.3 is 12.1 Å². The fourth-order valence-corrected chi connectivity index (χ4v) is 4.82. The van der Waals surface area contributed by atoms with Crippen LogP contribution >= 0.6 is 34.5 Å². The molecular weight excluding hydrogens is 409 g/mol. The average molecular weight is 426 g/mol. The number of carbonyl (C=O) groups excluding carboxylic acids is 2. The van der Waals surface area contributed by atoms with E-state index in [1.807, 2.05) is 12.1 Å². The minimum Gasteiger partial charge on any atom is -0.341 e. The number of anilines is 2. The van der Waals surface area contributed by atoms with E-state index >= 15 is 0 Å². The summed E-state index contributed by atoms with van der Waals surface area (Å²) in [6.45, 7) is 1.64. The molecule has 1 spiro atoms. The molecule has 0 radical (unpaired) electrons. The topological polar surface area (TPSA) is 77.6 Å². The number of nitrogens with zero attached hydrogens (tertiary/aromatic N) is 3. The molecule has 0 unspecified atom stereocenters. The lowest BCUT2D eigenvalue weighted by atomic mass is 9.81. The Morgan fingerprint density at radius 3 is 2.78 bits per heavy atom. The zero-order chi connectivity index (χ0) is 19.2. The number of benzene rings is 1. The van der Waals surface area contributed by atoms with Crippen LogP contribution in [-0.4, -0.2) is 48.6 Å². The van der Waals surface area contributed by atoms with E-state index in [0.717, 1.165) is 17.7 Å². The van der Waals surface area contributed by atoms with Gasteiger partial charge < -0.3 is 10.2 Å². The van der Waals surface area contributed by atoms with Gasteiger partial charge in [-0.15, -0.1) is 0 Å². The van der Waals surface area contributed by atoms with Crippen molar-refractivity contribution in [2.75, 3.05) is 36.9 Å². The van der Waals surface area contributed by atoms with E-state index in [4.69, 9.17) is 23.2 Å². The number of fused-ring (bicyclic) bond motifs is 2. The van der Waals surface area contributed by atoms with Gasteiger partial charge in [0.05, 0.1) is 6.20 Å². The van der Waals surface area contributed by atoms with Gasteiger partial charge in [-0.3, -0.25) is 10.2 Å². The molecule has 2 N–H and O–H groups in total. The van der Waals surface area contributed by atoms with Gasteiger partial charge in [0.2, 0.25) is 0 Å². The molecule has 4 rings (SSSR count). The lowest BCUT2D eigenvalue weighted by molar-refractivity contribution is 0.208. The zero-order valence-electron chi connectivity index (χ0n) is 14.5. The first kappa shape index (κ1) is 18.3. The average Bonchev–Trinajstić information content (AvgIpc) is 3.34. The van der Waals surface area contributed by atoms with E-state index in [0.29, 0.717) is 34.1 Å². The molecule has 2 aliphatic rings. The molecule has 27 heavy (non-hydrogen) atoms. The highest BCUT2D eigenvalue weighted by Gasteiger charge is 2.49. The van der Waals surface area contributed by atoms with Crippen LogP contribution < -0.4 is 15.5 Å². The van der Waals surface area contributed by atoms with Crippen molar-refractivity contribution in [2.45, 2.75) is 11.8 Å². The van der Waals surface area contributed by atoms with Gasteiger partial charge in [-0.05, 0) is 30.2 Å². The number of nitrogens with one attached hydrogen (secondary N) is 2. The van der Waals surface area contributed by atoms with Crippen molar-refractivity contribution in [1.29, 1.82) is 0 Å². The minimum atomic E-state index is -0.329. The Morgan fingerprint density at radius 1 is 1.26 bits per heavy atom. The second kappa shape index (κ2) is 6.85. The van der Waals surface area contributed by atoms with E-state index < -0.39 is 0 Å². The Labute approximate surface area is 170 Å². The highest BCUT2D eigenvalue weighted by molar-refractivity contribution is 7.19. The van der Waals surface area contributed by atoms with Crippen molar-refractivity contribution in [1.82, 2.24) is 15.2 Å². The van der Waals surface area contributed by atoms with Gasteiger partial charge in [0.25, 0.3) is 0 Å². The molecular formula is C17H17Cl2N5O2S. The highest BCUT2D eigenvalue weighted by atomic mass is 35.5. The second-order valence-electron chi connectivity index (χ2n) is 6.65. The lowest BCUT2D eigenvalue weighted by Crippen LogP contribution is -2.43. The number of aromatic nitrogens is 1. The standard InChI is InChI=1S/C17H17Cl2N5O2S/c1-20-15(25)23-5-4-17(8-23)9-24(12-3-2-10(18)6-11(12)17)16(26)22-14-21-7-13(19)27-14/h2-3,6-7H,4-5,8-9H2,1H3,(H,20,25)(H,21,22,26)/t17-/m1/s1. The van der Waals surface area contributed by atoms with Crippen molar-refractivity contribution in [2.24, 2.45) is 0 Å². The Balaban J connectivity index is 1.64. The van der Waals surface area contributed by atoms with Crippen LogP contribution in [0.5, 0.6) is 0 Å². The molecule has 0 saturated carbocycles. The smallest absolute Gasteiger partial charge is 0.328 e. The first-order valence-corrected chi connectivity index (χ1v) is 9.96.